The summed E-state index contributed by atoms with van der Waals surface area (Å²) in [5.74, 6) is 0.283. The molecule has 1 atom stereocenters. The summed E-state index contributed by atoms with van der Waals surface area (Å²) in [6.45, 7) is 0. The van der Waals surface area contributed by atoms with Crippen LogP contribution in [-0.2, 0) is 11.2 Å². The summed E-state index contributed by atoms with van der Waals surface area (Å²) in [5, 5.41) is 17.0. The molecule has 0 saturated heterocycles. The van der Waals surface area contributed by atoms with Crippen LogP contribution in [0.15, 0.2) is 64.2 Å². The van der Waals surface area contributed by atoms with Gasteiger partial charge in [0.1, 0.15) is 11.5 Å². The molecule has 0 saturated carbocycles. The summed E-state index contributed by atoms with van der Waals surface area (Å²) in [7, 11) is 1.64. The lowest BCUT2D eigenvalue weighted by molar-refractivity contribution is -0.133. The molecular weight excluding hydrogens is 352 g/mol. The van der Waals surface area contributed by atoms with E-state index in [4.69, 9.17) is 14.3 Å². The van der Waals surface area contributed by atoms with E-state index in [-0.39, 0.29) is 16.9 Å². The van der Waals surface area contributed by atoms with Crippen LogP contribution in [0.1, 0.15) is 22.9 Å². The fourth-order valence-corrected chi connectivity index (χ4v) is 3.13. The molecule has 2 aromatic carbocycles. The summed E-state index contributed by atoms with van der Waals surface area (Å²) in [6, 6.07) is 18.0. The lowest BCUT2D eigenvalue weighted by atomic mass is 9.88. The van der Waals surface area contributed by atoms with Crippen LogP contribution in [0.25, 0.3) is 0 Å². The minimum absolute atomic E-state index is 0.0416. The van der Waals surface area contributed by atoms with Crippen LogP contribution in [0.3, 0.4) is 0 Å². The Kier molecular flexibility index (Phi) is 5.91. The molecule has 0 radical (unpaired) electrons. The topological polar surface area (TPSA) is 85.5 Å². The summed E-state index contributed by atoms with van der Waals surface area (Å²) >= 11 is 1.02. The number of thioether (sulfide) groups is 1. The Labute approximate surface area is 155 Å². The summed E-state index contributed by atoms with van der Waals surface area (Å²) in [5.41, 5.74) is 2.24. The van der Waals surface area contributed by atoms with Crippen molar-refractivity contribution in [3.8, 4) is 5.75 Å². The third-order valence-electron chi connectivity index (χ3n) is 3.87. The zero-order chi connectivity index (χ0) is 18.4. The SMILES string of the molecule is COc1ccc(C(Cc2nnc(SCC(=O)O)o2)c2ccccc2)cc1. The van der Waals surface area contributed by atoms with E-state index in [0.717, 1.165) is 28.6 Å². The van der Waals surface area contributed by atoms with Crippen molar-refractivity contribution in [2.75, 3.05) is 12.9 Å². The van der Waals surface area contributed by atoms with Crippen LogP contribution >= 0.6 is 11.8 Å². The fourth-order valence-electron chi connectivity index (χ4n) is 2.63. The Balaban J connectivity index is 1.83. The van der Waals surface area contributed by atoms with E-state index in [1.807, 2.05) is 42.5 Å². The van der Waals surface area contributed by atoms with Crippen molar-refractivity contribution < 1.29 is 19.1 Å². The number of ether oxygens (including phenoxy) is 1. The zero-order valence-corrected chi connectivity index (χ0v) is 15.0. The van der Waals surface area contributed by atoms with Crippen LogP contribution in [0.2, 0.25) is 0 Å². The second kappa shape index (κ2) is 8.53. The van der Waals surface area contributed by atoms with Gasteiger partial charge in [-0.3, -0.25) is 4.79 Å². The van der Waals surface area contributed by atoms with Crippen LogP contribution in [-0.4, -0.2) is 34.1 Å². The summed E-state index contributed by atoms with van der Waals surface area (Å²) in [6.07, 6.45) is 0.525. The number of carbonyl (C=O) groups is 1. The highest BCUT2D eigenvalue weighted by molar-refractivity contribution is 7.99. The average molecular weight is 370 g/mol. The van der Waals surface area contributed by atoms with Gasteiger partial charge in [-0.2, -0.15) is 0 Å². The van der Waals surface area contributed by atoms with Crippen molar-refractivity contribution in [3.05, 3.63) is 71.6 Å². The van der Waals surface area contributed by atoms with Gasteiger partial charge in [0.2, 0.25) is 5.89 Å². The van der Waals surface area contributed by atoms with Gasteiger partial charge in [-0.1, -0.05) is 54.2 Å². The van der Waals surface area contributed by atoms with E-state index in [9.17, 15) is 4.79 Å². The standard InChI is InChI=1S/C19H18N2O4S/c1-24-15-9-7-14(8-10-15)16(13-5-3-2-4-6-13)11-17-20-21-19(25-17)26-12-18(22)23/h2-10,16H,11-12H2,1H3,(H,22,23). The van der Waals surface area contributed by atoms with Gasteiger partial charge < -0.3 is 14.3 Å². The minimum atomic E-state index is -0.921. The number of hydrogen-bond donors (Lipinski definition) is 1. The first-order chi connectivity index (χ1) is 12.7. The number of rotatable bonds is 8. The van der Waals surface area contributed by atoms with Crippen LogP contribution in [0.5, 0.6) is 5.75 Å². The van der Waals surface area contributed by atoms with Crippen molar-refractivity contribution in [3.63, 3.8) is 0 Å². The Bertz CT molecular complexity index is 849. The first-order valence-electron chi connectivity index (χ1n) is 8.01. The first-order valence-corrected chi connectivity index (χ1v) is 9.00. The Morgan fingerprint density at radius 1 is 1.12 bits per heavy atom. The molecule has 26 heavy (non-hydrogen) atoms. The van der Waals surface area contributed by atoms with Gasteiger partial charge >= 0.3 is 5.97 Å². The molecule has 1 heterocycles. The average Bonchev–Trinajstić information content (AvgIpc) is 3.13. The molecule has 1 N–H and O–H groups in total. The molecule has 0 aliphatic carbocycles. The predicted molar refractivity (Wildman–Crippen MR) is 97.6 cm³/mol. The number of methoxy groups -OCH3 is 1. The second-order valence-corrected chi connectivity index (χ2v) is 6.51. The van der Waals surface area contributed by atoms with Crippen LogP contribution < -0.4 is 4.74 Å². The van der Waals surface area contributed by atoms with E-state index in [1.54, 1.807) is 7.11 Å². The van der Waals surface area contributed by atoms with Gasteiger partial charge in [-0.25, -0.2) is 0 Å². The maximum Gasteiger partial charge on any atom is 0.314 e. The molecule has 0 aliphatic rings. The Morgan fingerprint density at radius 2 is 1.81 bits per heavy atom. The zero-order valence-electron chi connectivity index (χ0n) is 14.2. The number of aliphatic carboxylic acids is 1. The molecule has 3 rings (SSSR count). The summed E-state index contributed by atoms with van der Waals surface area (Å²) < 4.78 is 10.8. The van der Waals surface area contributed by atoms with E-state index in [1.165, 1.54) is 0 Å². The number of carboxylic acid groups (broad SMARTS) is 1. The number of hydrogen-bond acceptors (Lipinski definition) is 6. The molecule has 1 unspecified atom stereocenters. The molecule has 0 fully saturated rings. The lowest BCUT2D eigenvalue weighted by Crippen LogP contribution is -2.05. The molecule has 6 nitrogen and oxygen atoms in total. The Morgan fingerprint density at radius 3 is 2.46 bits per heavy atom. The van der Waals surface area contributed by atoms with Crippen molar-refractivity contribution in [2.45, 2.75) is 17.6 Å². The molecule has 0 aliphatic heterocycles. The van der Waals surface area contributed by atoms with Crippen LogP contribution in [0, 0.1) is 0 Å². The van der Waals surface area contributed by atoms with E-state index < -0.39 is 5.97 Å². The van der Waals surface area contributed by atoms with Gasteiger partial charge in [0.25, 0.3) is 5.22 Å². The van der Waals surface area contributed by atoms with E-state index >= 15 is 0 Å². The van der Waals surface area contributed by atoms with Gasteiger partial charge in [0, 0.05) is 12.3 Å². The van der Waals surface area contributed by atoms with Gasteiger partial charge in [0.15, 0.2) is 0 Å². The maximum atomic E-state index is 10.7. The van der Waals surface area contributed by atoms with Crippen molar-refractivity contribution in [1.82, 2.24) is 10.2 Å². The molecule has 1 aromatic heterocycles. The Hall–Kier alpha value is -2.80. The lowest BCUT2D eigenvalue weighted by Gasteiger charge is -2.16. The summed E-state index contributed by atoms with van der Waals surface area (Å²) in [4.78, 5) is 10.7. The highest BCUT2D eigenvalue weighted by Gasteiger charge is 2.19. The molecule has 0 spiro atoms. The van der Waals surface area contributed by atoms with Crippen molar-refractivity contribution >= 4 is 17.7 Å². The van der Waals surface area contributed by atoms with Crippen molar-refractivity contribution in [2.24, 2.45) is 0 Å². The first kappa shape index (κ1) is 18.0. The number of carboxylic acids is 1. The quantitative estimate of drug-likeness (QED) is 0.606. The monoisotopic (exact) mass is 370 g/mol. The maximum absolute atomic E-state index is 10.7. The number of aromatic nitrogens is 2. The molecule has 0 bridgehead atoms. The third kappa shape index (κ3) is 4.64. The largest absolute Gasteiger partial charge is 0.497 e. The highest BCUT2D eigenvalue weighted by Crippen LogP contribution is 2.30. The van der Waals surface area contributed by atoms with Crippen molar-refractivity contribution in [1.29, 1.82) is 0 Å². The number of benzene rings is 2. The van der Waals surface area contributed by atoms with Gasteiger partial charge in [0.05, 0.1) is 7.11 Å². The van der Waals surface area contributed by atoms with Gasteiger partial charge in [-0.05, 0) is 23.3 Å². The van der Waals surface area contributed by atoms with Gasteiger partial charge in [-0.15, -0.1) is 10.2 Å². The highest BCUT2D eigenvalue weighted by atomic mass is 32.2. The second-order valence-electron chi connectivity index (χ2n) is 5.58. The smallest absolute Gasteiger partial charge is 0.314 e. The fraction of sp³-hybridized carbons (Fsp3) is 0.211. The molecule has 0 amide bonds. The van der Waals surface area contributed by atoms with E-state index in [0.29, 0.717) is 12.3 Å². The normalized spacial score (nSPS) is 11.9. The van der Waals surface area contributed by atoms with Crippen LogP contribution in [0.4, 0.5) is 0 Å². The number of nitrogens with zero attached hydrogens (tertiary/aromatic N) is 2. The molecule has 7 heteroatoms. The predicted octanol–water partition coefficient (Wildman–Crippen LogP) is 3.63. The molecule has 134 valence electrons. The minimum Gasteiger partial charge on any atom is -0.497 e. The van der Waals surface area contributed by atoms with E-state index in [2.05, 4.69) is 22.3 Å². The third-order valence-corrected chi connectivity index (χ3v) is 4.67. The molecular formula is C19H18N2O4S. The molecule has 3 aromatic rings.